The molecule has 0 bridgehead atoms. The van der Waals surface area contributed by atoms with Gasteiger partial charge in [-0.3, -0.25) is 0 Å². The number of carbonyl (C=O) groups is 1. The quantitative estimate of drug-likeness (QED) is 0.867. The molecule has 1 saturated carbocycles. The van der Waals surface area contributed by atoms with Crippen LogP contribution in [0.25, 0.3) is 0 Å². The van der Waals surface area contributed by atoms with Crippen LogP contribution in [0.3, 0.4) is 0 Å². The van der Waals surface area contributed by atoms with Gasteiger partial charge in [-0.05, 0) is 43.9 Å². The van der Waals surface area contributed by atoms with Crippen molar-refractivity contribution in [1.29, 1.82) is 0 Å². The Labute approximate surface area is 116 Å². The molecular formula is C14H18BrNO2. The third-order valence-electron chi connectivity index (χ3n) is 3.64. The van der Waals surface area contributed by atoms with E-state index in [0.717, 1.165) is 16.6 Å². The third-order valence-corrected chi connectivity index (χ3v) is 4.38. The molecule has 1 aliphatic carbocycles. The molecule has 0 radical (unpaired) electrons. The molecule has 3 nitrogen and oxygen atoms in total. The van der Waals surface area contributed by atoms with E-state index in [9.17, 15) is 4.79 Å². The van der Waals surface area contributed by atoms with Gasteiger partial charge in [0.2, 0.25) is 0 Å². The lowest BCUT2D eigenvalue weighted by Gasteiger charge is -2.39. The van der Waals surface area contributed by atoms with E-state index < -0.39 is 0 Å². The Hall–Kier alpha value is -0.870. The molecule has 18 heavy (non-hydrogen) atoms. The van der Waals surface area contributed by atoms with Gasteiger partial charge in [-0.1, -0.05) is 22.0 Å². The number of methoxy groups -OCH3 is 1. The first kappa shape index (κ1) is 13.6. The number of benzene rings is 1. The number of hydrogen-bond acceptors (Lipinski definition) is 3. The van der Waals surface area contributed by atoms with E-state index in [2.05, 4.69) is 28.2 Å². The zero-order valence-electron chi connectivity index (χ0n) is 10.8. The lowest BCUT2D eigenvalue weighted by molar-refractivity contribution is 0.0600. The second-order valence-electron chi connectivity index (χ2n) is 5.07. The lowest BCUT2D eigenvalue weighted by atomic mass is 9.78. The number of ether oxygens (including phenoxy) is 1. The molecule has 0 unspecified atom stereocenters. The van der Waals surface area contributed by atoms with E-state index in [0.29, 0.717) is 11.1 Å². The van der Waals surface area contributed by atoms with Gasteiger partial charge in [0.1, 0.15) is 0 Å². The molecule has 0 amide bonds. The molecule has 0 atom stereocenters. The smallest absolute Gasteiger partial charge is 0.337 e. The molecule has 0 heterocycles. The van der Waals surface area contributed by atoms with E-state index in [1.54, 1.807) is 6.07 Å². The van der Waals surface area contributed by atoms with Gasteiger partial charge in [0.25, 0.3) is 0 Å². The minimum Gasteiger partial charge on any atom is -0.465 e. The molecule has 1 N–H and O–H groups in total. The third kappa shape index (κ3) is 2.93. The summed E-state index contributed by atoms with van der Waals surface area (Å²) >= 11 is 3.50. The van der Waals surface area contributed by atoms with E-state index in [-0.39, 0.29) is 5.97 Å². The maximum absolute atomic E-state index is 11.4. The maximum atomic E-state index is 11.4. The number of nitrogens with one attached hydrogen (secondary N) is 1. The highest BCUT2D eigenvalue weighted by molar-refractivity contribution is 9.10. The molecule has 1 aromatic carbocycles. The fraction of sp³-hybridized carbons (Fsp3) is 0.500. The Morgan fingerprint density at radius 1 is 1.50 bits per heavy atom. The largest absolute Gasteiger partial charge is 0.465 e. The van der Waals surface area contributed by atoms with Crippen LogP contribution in [-0.4, -0.2) is 18.6 Å². The second kappa shape index (κ2) is 5.41. The average molecular weight is 312 g/mol. The highest BCUT2D eigenvalue weighted by Gasteiger charge is 2.30. The van der Waals surface area contributed by atoms with Crippen molar-refractivity contribution in [2.75, 3.05) is 7.11 Å². The van der Waals surface area contributed by atoms with Crippen LogP contribution in [0.2, 0.25) is 0 Å². The molecule has 4 heteroatoms. The molecule has 0 spiro atoms. The summed E-state index contributed by atoms with van der Waals surface area (Å²) in [5.74, 6) is -0.304. The molecule has 2 rings (SSSR count). The molecule has 0 aromatic heterocycles. The first-order valence-electron chi connectivity index (χ1n) is 6.16. The molecule has 1 fully saturated rings. The van der Waals surface area contributed by atoms with Crippen molar-refractivity contribution in [2.24, 2.45) is 0 Å². The number of halogens is 1. The summed E-state index contributed by atoms with van der Waals surface area (Å²) in [7, 11) is 1.39. The fourth-order valence-corrected chi connectivity index (χ4v) is 2.65. The van der Waals surface area contributed by atoms with Crippen molar-refractivity contribution in [3.63, 3.8) is 0 Å². The van der Waals surface area contributed by atoms with Crippen LogP contribution in [0.15, 0.2) is 22.7 Å². The van der Waals surface area contributed by atoms with Gasteiger partial charge >= 0.3 is 5.97 Å². The summed E-state index contributed by atoms with van der Waals surface area (Å²) in [6.07, 6.45) is 3.79. The monoisotopic (exact) mass is 311 g/mol. The summed E-state index contributed by atoms with van der Waals surface area (Å²) in [6.45, 7) is 3.08. The minimum absolute atomic E-state index is 0.292. The number of esters is 1. The zero-order valence-corrected chi connectivity index (χ0v) is 12.3. The van der Waals surface area contributed by atoms with Crippen LogP contribution in [0.5, 0.6) is 0 Å². The van der Waals surface area contributed by atoms with Gasteiger partial charge in [-0.2, -0.15) is 0 Å². The van der Waals surface area contributed by atoms with Gasteiger partial charge in [0, 0.05) is 16.6 Å². The molecule has 98 valence electrons. The lowest BCUT2D eigenvalue weighted by Crippen LogP contribution is -2.47. The van der Waals surface area contributed by atoms with Crippen LogP contribution in [-0.2, 0) is 11.3 Å². The summed E-state index contributed by atoms with van der Waals surface area (Å²) in [4.78, 5) is 11.4. The predicted octanol–water partition coefficient (Wildman–Crippen LogP) is 3.27. The molecule has 0 saturated heterocycles. The van der Waals surface area contributed by atoms with Crippen molar-refractivity contribution >= 4 is 21.9 Å². The SMILES string of the molecule is COC(=O)c1ccc(CNC2(C)CCC2)c(Br)c1. The van der Waals surface area contributed by atoms with Gasteiger partial charge in [0.15, 0.2) is 0 Å². The first-order chi connectivity index (χ1) is 8.54. The van der Waals surface area contributed by atoms with Gasteiger partial charge in [-0.25, -0.2) is 4.79 Å². The van der Waals surface area contributed by atoms with Crippen molar-refractivity contribution in [2.45, 2.75) is 38.3 Å². The maximum Gasteiger partial charge on any atom is 0.337 e. The van der Waals surface area contributed by atoms with E-state index >= 15 is 0 Å². The Morgan fingerprint density at radius 2 is 2.22 bits per heavy atom. The molecule has 0 aliphatic heterocycles. The van der Waals surface area contributed by atoms with Crippen LogP contribution in [0, 0.1) is 0 Å². The van der Waals surface area contributed by atoms with E-state index in [1.165, 1.54) is 26.4 Å². The van der Waals surface area contributed by atoms with Crippen molar-refractivity contribution in [3.8, 4) is 0 Å². The summed E-state index contributed by atoms with van der Waals surface area (Å²) in [5, 5.41) is 3.57. The van der Waals surface area contributed by atoms with Gasteiger partial charge in [0.05, 0.1) is 12.7 Å². The van der Waals surface area contributed by atoms with Crippen LogP contribution < -0.4 is 5.32 Å². The van der Waals surface area contributed by atoms with Crippen molar-refractivity contribution in [3.05, 3.63) is 33.8 Å². The topological polar surface area (TPSA) is 38.3 Å². The van der Waals surface area contributed by atoms with Gasteiger partial charge < -0.3 is 10.1 Å². The Kier molecular flexibility index (Phi) is 4.07. The molecular weight excluding hydrogens is 294 g/mol. The van der Waals surface area contributed by atoms with Crippen LogP contribution in [0.1, 0.15) is 42.1 Å². The van der Waals surface area contributed by atoms with Crippen molar-refractivity contribution < 1.29 is 9.53 Å². The first-order valence-corrected chi connectivity index (χ1v) is 6.95. The Morgan fingerprint density at radius 3 is 2.72 bits per heavy atom. The van der Waals surface area contributed by atoms with Crippen LogP contribution >= 0.6 is 15.9 Å². The average Bonchev–Trinajstić information content (AvgIpc) is 2.34. The highest BCUT2D eigenvalue weighted by Crippen LogP contribution is 2.31. The number of hydrogen-bond donors (Lipinski definition) is 1. The predicted molar refractivity (Wildman–Crippen MR) is 74.6 cm³/mol. The number of rotatable bonds is 4. The summed E-state index contributed by atoms with van der Waals surface area (Å²) in [5.41, 5.74) is 2.03. The van der Waals surface area contributed by atoms with Gasteiger partial charge in [-0.15, -0.1) is 0 Å². The summed E-state index contributed by atoms with van der Waals surface area (Å²) in [6, 6.07) is 5.58. The normalized spacial score (nSPS) is 17.1. The zero-order chi connectivity index (χ0) is 13.2. The summed E-state index contributed by atoms with van der Waals surface area (Å²) < 4.78 is 5.64. The Bertz CT molecular complexity index is 455. The van der Waals surface area contributed by atoms with E-state index in [1.807, 2.05) is 12.1 Å². The Balaban J connectivity index is 2.03. The second-order valence-corrected chi connectivity index (χ2v) is 5.92. The highest BCUT2D eigenvalue weighted by atomic mass is 79.9. The van der Waals surface area contributed by atoms with E-state index in [4.69, 9.17) is 4.74 Å². The standard InChI is InChI=1S/C14H18BrNO2/c1-14(6-3-7-14)16-9-11-5-4-10(8-12(11)15)13(17)18-2/h4-5,8,16H,3,6-7,9H2,1-2H3. The van der Waals surface area contributed by atoms with Crippen LogP contribution in [0.4, 0.5) is 0 Å². The minimum atomic E-state index is -0.304. The van der Waals surface area contributed by atoms with Crippen molar-refractivity contribution in [1.82, 2.24) is 5.32 Å². The molecule has 1 aliphatic rings. The molecule has 1 aromatic rings. The fourth-order valence-electron chi connectivity index (χ4n) is 2.13. The number of carbonyl (C=O) groups excluding carboxylic acids is 1.